The lowest BCUT2D eigenvalue weighted by molar-refractivity contribution is -0.116. The third-order valence-corrected chi connectivity index (χ3v) is 2.75. The van der Waals surface area contributed by atoms with Gasteiger partial charge in [-0.05, 0) is 30.2 Å². The number of hydrogen-bond acceptors (Lipinski definition) is 2. The zero-order valence-electron chi connectivity index (χ0n) is 9.29. The monoisotopic (exact) mass is 214 g/mol. The molecule has 3 heteroatoms. The fourth-order valence-corrected chi connectivity index (χ4v) is 1.99. The first-order valence-corrected chi connectivity index (χ1v) is 5.30. The number of nitrogens with one attached hydrogen (secondary N) is 1. The Labute approximate surface area is 95.5 Å². The molecule has 1 aliphatic heterocycles. The Morgan fingerprint density at radius 2 is 2.44 bits per heavy atom. The van der Waals surface area contributed by atoms with Crippen LogP contribution in [0, 0.1) is 12.3 Å². The summed E-state index contributed by atoms with van der Waals surface area (Å²) >= 11 is 0. The number of carbonyl (C=O) groups is 1. The number of amides is 1. The van der Waals surface area contributed by atoms with Gasteiger partial charge >= 0.3 is 0 Å². The minimum absolute atomic E-state index is 0.100. The van der Waals surface area contributed by atoms with Crippen molar-refractivity contribution in [1.82, 2.24) is 0 Å². The molecule has 1 heterocycles. The van der Waals surface area contributed by atoms with Gasteiger partial charge in [-0.1, -0.05) is 5.92 Å². The number of anilines is 2. The van der Waals surface area contributed by atoms with Crippen LogP contribution in [0.4, 0.5) is 11.4 Å². The van der Waals surface area contributed by atoms with Crippen LogP contribution >= 0.6 is 0 Å². The third-order valence-electron chi connectivity index (χ3n) is 2.75. The quantitative estimate of drug-likeness (QED) is 0.759. The zero-order chi connectivity index (χ0) is 11.5. The number of nitrogens with zero attached hydrogens (tertiary/aromatic N) is 1. The first kappa shape index (κ1) is 10.6. The highest BCUT2D eigenvalue weighted by molar-refractivity contribution is 5.94. The van der Waals surface area contributed by atoms with Gasteiger partial charge in [0.05, 0.1) is 6.54 Å². The normalized spacial score (nSPS) is 13.1. The van der Waals surface area contributed by atoms with E-state index in [1.165, 1.54) is 5.56 Å². The molecule has 1 amide bonds. The van der Waals surface area contributed by atoms with Crippen molar-refractivity contribution in [1.29, 1.82) is 0 Å². The molecule has 82 valence electrons. The van der Waals surface area contributed by atoms with Crippen LogP contribution in [0.3, 0.4) is 0 Å². The standard InChI is InChI=1S/C13H14N2O/c1-3-7-14-12-4-5-13-11(9-12)6-8-15(13)10(2)16/h1,4-5,9,14H,6-8H2,2H3. The van der Waals surface area contributed by atoms with Crippen molar-refractivity contribution in [2.24, 2.45) is 0 Å². The second-order valence-electron chi connectivity index (χ2n) is 3.82. The smallest absolute Gasteiger partial charge is 0.223 e. The van der Waals surface area contributed by atoms with E-state index < -0.39 is 0 Å². The van der Waals surface area contributed by atoms with Crippen LogP contribution in [-0.2, 0) is 11.2 Å². The maximum atomic E-state index is 11.3. The predicted molar refractivity (Wildman–Crippen MR) is 65.5 cm³/mol. The molecule has 1 aliphatic rings. The van der Waals surface area contributed by atoms with Gasteiger partial charge in [-0.3, -0.25) is 4.79 Å². The number of hydrogen-bond donors (Lipinski definition) is 1. The van der Waals surface area contributed by atoms with E-state index in [0.29, 0.717) is 6.54 Å². The first-order valence-electron chi connectivity index (χ1n) is 5.30. The van der Waals surface area contributed by atoms with Crippen LogP contribution < -0.4 is 10.2 Å². The van der Waals surface area contributed by atoms with Gasteiger partial charge in [0.1, 0.15) is 0 Å². The molecule has 1 aromatic carbocycles. The highest BCUT2D eigenvalue weighted by Crippen LogP contribution is 2.30. The molecule has 1 N–H and O–H groups in total. The number of rotatable bonds is 2. The van der Waals surface area contributed by atoms with Gasteiger partial charge in [0.25, 0.3) is 0 Å². The van der Waals surface area contributed by atoms with Crippen LogP contribution in [0.25, 0.3) is 0 Å². The van der Waals surface area contributed by atoms with Crippen LogP contribution in [0.1, 0.15) is 12.5 Å². The van der Waals surface area contributed by atoms with Crippen molar-refractivity contribution in [3.05, 3.63) is 23.8 Å². The van der Waals surface area contributed by atoms with E-state index in [4.69, 9.17) is 6.42 Å². The molecular formula is C13H14N2O. The molecule has 2 rings (SSSR count). The van der Waals surface area contributed by atoms with Crippen molar-refractivity contribution < 1.29 is 4.79 Å². The van der Waals surface area contributed by atoms with Crippen LogP contribution in [0.2, 0.25) is 0 Å². The summed E-state index contributed by atoms with van der Waals surface area (Å²) in [4.78, 5) is 13.2. The predicted octanol–water partition coefficient (Wildman–Crippen LogP) is 1.64. The van der Waals surface area contributed by atoms with E-state index in [1.54, 1.807) is 11.8 Å². The average molecular weight is 214 g/mol. The van der Waals surface area contributed by atoms with E-state index in [9.17, 15) is 4.79 Å². The summed E-state index contributed by atoms with van der Waals surface area (Å²) < 4.78 is 0. The Hall–Kier alpha value is -1.95. The topological polar surface area (TPSA) is 32.3 Å². The van der Waals surface area contributed by atoms with Gasteiger partial charge < -0.3 is 10.2 Å². The number of carbonyl (C=O) groups excluding carboxylic acids is 1. The Balaban J connectivity index is 2.23. The van der Waals surface area contributed by atoms with Gasteiger partial charge in [-0.2, -0.15) is 0 Å². The number of benzene rings is 1. The maximum absolute atomic E-state index is 11.3. The highest BCUT2D eigenvalue weighted by atomic mass is 16.2. The van der Waals surface area contributed by atoms with E-state index >= 15 is 0 Å². The zero-order valence-corrected chi connectivity index (χ0v) is 9.29. The van der Waals surface area contributed by atoms with E-state index in [0.717, 1.165) is 24.3 Å². The van der Waals surface area contributed by atoms with E-state index in [2.05, 4.69) is 17.3 Å². The summed E-state index contributed by atoms with van der Waals surface area (Å²) in [6.45, 7) is 2.90. The third kappa shape index (κ3) is 1.87. The Morgan fingerprint density at radius 3 is 3.12 bits per heavy atom. The van der Waals surface area contributed by atoms with Crippen molar-refractivity contribution in [3.63, 3.8) is 0 Å². The van der Waals surface area contributed by atoms with Gasteiger partial charge in [0.2, 0.25) is 5.91 Å². The first-order chi connectivity index (χ1) is 7.72. The van der Waals surface area contributed by atoms with Crippen molar-refractivity contribution >= 4 is 17.3 Å². The largest absolute Gasteiger partial charge is 0.374 e. The molecule has 0 aromatic heterocycles. The van der Waals surface area contributed by atoms with Gasteiger partial charge in [-0.25, -0.2) is 0 Å². The molecule has 16 heavy (non-hydrogen) atoms. The van der Waals surface area contributed by atoms with E-state index in [1.807, 2.05) is 12.1 Å². The molecule has 3 nitrogen and oxygen atoms in total. The average Bonchev–Trinajstić information content (AvgIpc) is 2.69. The Kier molecular flexibility index (Phi) is 2.82. The maximum Gasteiger partial charge on any atom is 0.223 e. The van der Waals surface area contributed by atoms with Gasteiger partial charge in [0.15, 0.2) is 0 Å². The van der Waals surface area contributed by atoms with Crippen molar-refractivity contribution in [2.45, 2.75) is 13.3 Å². The summed E-state index contributed by atoms with van der Waals surface area (Å²) in [5.74, 6) is 2.64. The lowest BCUT2D eigenvalue weighted by atomic mass is 10.1. The molecule has 0 fully saturated rings. The van der Waals surface area contributed by atoms with Crippen LogP contribution in [0.5, 0.6) is 0 Å². The molecule has 0 spiro atoms. The minimum Gasteiger partial charge on any atom is -0.374 e. The van der Waals surface area contributed by atoms with Gasteiger partial charge in [-0.15, -0.1) is 6.42 Å². The van der Waals surface area contributed by atoms with Crippen LogP contribution in [0.15, 0.2) is 18.2 Å². The van der Waals surface area contributed by atoms with Crippen molar-refractivity contribution in [2.75, 3.05) is 23.3 Å². The summed E-state index contributed by atoms with van der Waals surface area (Å²) in [6, 6.07) is 6.00. The summed E-state index contributed by atoms with van der Waals surface area (Å²) in [6.07, 6.45) is 6.10. The van der Waals surface area contributed by atoms with E-state index in [-0.39, 0.29) is 5.91 Å². The molecule has 0 aliphatic carbocycles. The highest BCUT2D eigenvalue weighted by Gasteiger charge is 2.21. The summed E-state index contributed by atoms with van der Waals surface area (Å²) in [5.41, 5.74) is 3.25. The summed E-state index contributed by atoms with van der Waals surface area (Å²) in [7, 11) is 0. The molecule has 0 unspecified atom stereocenters. The van der Waals surface area contributed by atoms with Gasteiger partial charge in [0, 0.05) is 24.8 Å². The number of terminal acetylenes is 1. The molecule has 0 atom stereocenters. The number of fused-ring (bicyclic) bond motifs is 1. The second kappa shape index (κ2) is 4.28. The Bertz CT molecular complexity index is 459. The lowest BCUT2D eigenvalue weighted by Gasteiger charge is -2.14. The lowest BCUT2D eigenvalue weighted by Crippen LogP contribution is -2.25. The Morgan fingerprint density at radius 1 is 1.62 bits per heavy atom. The SMILES string of the molecule is C#CCNc1ccc2c(c1)CCN2C(C)=O. The molecular weight excluding hydrogens is 200 g/mol. The molecule has 0 bridgehead atoms. The second-order valence-corrected chi connectivity index (χ2v) is 3.82. The van der Waals surface area contributed by atoms with Crippen molar-refractivity contribution in [3.8, 4) is 12.3 Å². The molecule has 0 saturated heterocycles. The van der Waals surface area contributed by atoms with Crippen LogP contribution in [-0.4, -0.2) is 19.0 Å². The molecule has 0 saturated carbocycles. The fourth-order valence-electron chi connectivity index (χ4n) is 1.99. The minimum atomic E-state index is 0.100. The summed E-state index contributed by atoms with van der Waals surface area (Å²) in [5, 5.41) is 3.13. The fraction of sp³-hybridized carbons (Fsp3) is 0.308. The molecule has 1 aromatic rings. The molecule has 0 radical (unpaired) electrons.